The summed E-state index contributed by atoms with van der Waals surface area (Å²) in [7, 11) is 2.12. The van der Waals surface area contributed by atoms with Crippen molar-refractivity contribution in [1.82, 2.24) is 14.7 Å². The molecule has 0 saturated heterocycles. The molecule has 0 spiro atoms. The van der Waals surface area contributed by atoms with Gasteiger partial charge in [0.25, 0.3) is 0 Å². The maximum Gasteiger partial charge on any atom is 0.0597 e. The number of nitrogen functional groups attached to an aromatic ring is 1. The van der Waals surface area contributed by atoms with E-state index in [1.54, 1.807) is 0 Å². The monoisotopic (exact) mass is 258 g/mol. The summed E-state index contributed by atoms with van der Waals surface area (Å²) in [6.07, 6.45) is 0. The highest BCUT2D eigenvalue weighted by molar-refractivity contribution is 5.40. The van der Waals surface area contributed by atoms with Crippen LogP contribution in [-0.2, 0) is 19.6 Å². The van der Waals surface area contributed by atoms with Crippen molar-refractivity contribution in [2.75, 3.05) is 12.8 Å². The highest BCUT2D eigenvalue weighted by Crippen LogP contribution is 2.12. The Kier molecular flexibility index (Phi) is 4.22. The largest absolute Gasteiger partial charge is 0.399 e. The lowest BCUT2D eigenvalue weighted by Crippen LogP contribution is -2.19. The molecule has 19 heavy (non-hydrogen) atoms. The van der Waals surface area contributed by atoms with Crippen molar-refractivity contribution >= 4 is 5.69 Å². The van der Waals surface area contributed by atoms with Crippen molar-refractivity contribution in [3.05, 3.63) is 47.3 Å². The quantitative estimate of drug-likeness (QED) is 0.838. The molecule has 1 heterocycles. The molecule has 0 aliphatic heterocycles. The van der Waals surface area contributed by atoms with Gasteiger partial charge in [0.2, 0.25) is 0 Å². The first kappa shape index (κ1) is 13.6. The van der Waals surface area contributed by atoms with E-state index in [-0.39, 0.29) is 0 Å². The predicted octanol–water partition coefficient (Wildman–Crippen LogP) is 2.43. The van der Waals surface area contributed by atoms with Gasteiger partial charge in [-0.25, -0.2) is 0 Å². The number of anilines is 1. The van der Waals surface area contributed by atoms with Crippen LogP contribution in [0.15, 0.2) is 30.3 Å². The second kappa shape index (κ2) is 5.89. The van der Waals surface area contributed by atoms with Gasteiger partial charge >= 0.3 is 0 Å². The SMILES string of the molecule is CCn1nc(C)cc1CN(C)Cc1cccc(N)c1. The van der Waals surface area contributed by atoms with Gasteiger partial charge in [-0.2, -0.15) is 5.10 Å². The smallest absolute Gasteiger partial charge is 0.0597 e. The van der Waals surface area contributed by atoms with E-state index in [1.165, 1.54) is 11.3 Å². The fraction of sp³-hybridized carbons (Fsp3) is 0.400. The number of rotatable bonds is 5. The van der Waals surface area contributed by atoms with Crippen LogP contribution in [0.4, 0.5) is 5.69 Å². The first-order chi connectivity index (χ1) is 9.08. The van der Waals surface area contributed by atoms with Gasteiger partial charge in [-0.3, -0.25) is 9.58 Å². The summed E-state index contributed by atoms with van der Waals surface area (Å²) in [5.41, 5.74) is 10.2. The number of hydrogen-bond acceptors (Lipinski definition) is 3. The molecule has 0 radical (unpaired) electrons. The molecule has 2 aromatic rings. The molecule has 1 aromatic heterocycles. The molecule has 4 nitrogen and oxygen atoms in total. The summed E-state index contributed by atoms with van der Waals surface area (Å²) in [6, 6.07) is 10.2. The van der Waals surface area contributed by atoms with Crippen LogP contribution in [0.25, 0.3) is 0 Å². The van der Waals surface area contributed by atoms with Crippen LogP contribution < -0.4 is 5.73 Å². The molecule has 102 valence electrons. The summed E-state index contributed by atoms with van der Waals surface area (Å²) < 4.78 is 2.06. The van der Waals surface area contributed by atoms with Gasteiger partial charge < -0.3 is 5.73 Å². The number of aryl methyl sites for hydroxylation is 2. The Bertz CT molecular complexity index is 545. The second-order valence-corrected chi connectivity index (χ2v) is 5.01. The van der Waals surface area contributed by atoms with Crippen molar-refractivity contribution in [2.24, 2.45) is 0 Å². The van der Waals surface area contributed by atoms with Gasteiger partial charge in [0, 0.05) is 25.3 Å². The van der Waals surface area contributed by atoms with Crippen molar-refractivity contribution in [2.45, 2.75) is 33.5 Å². The van der Waals surface area contributed by atoms with Crippen LogP contribution >= 0.6 is 0 Å². The summed E-state index contributed by atoms with van der Waals surface area (Å²) in [6.45, 7) is 6.85. The van der Waals surface area contributed by atoms with Gasteiger partial charge in [0.05, 0.1) is 11.4 Å². The van der Waals surface area contributed by atoms with Crippen LogP contribution in [0.5, 0.6) is 0 Å². The molecule has 0 unspecified atom stereocenters. The van der Waals surface area contributed by atoms with Gasteiger partial charge in [0.1, 0.15) is 0 Å². The van der Waals surface area contributed by atoms with Gasteiger partial charge in [-0.05, 0) is 44.7 Å². The Morgan fingerprint density at radius 3 is 2.74 bits per heavy atom. The molecular formula is C15H22N4. The average molecular weight is 258 g/mol. The van der Waals surface area contributed by atoms with Gasteiger partial charge in [-0.1, -0.05) is 12.1 Å². The summed E-state index contributed by atoms with van der Waals surface area (Å²) >= 11 is 0. The minimum atomic E-state index is 0.820. The molecule has 0 aliphatic rings. The van der Waals surface area contributed by atoms with Crippen LogP contribution in [-0.4, -0.2) is 21.7 Å². The van der Waals surface area contributed by atoms with E-state index < -0.39 is 0 Å². The molecule has 0 bridgehead atoms. The topological polar surface area (TPSA) is 47.1 Å². The predicted molar refractivity (Wildman–Crippen MR) is 78.7 cm³/mol. The highest BCUT2D eigenvalue weighted by Gasteiger charge is 2.08. The second-order valence-electron chi connectivity index (χ2n) is 5.01. The van der Waals surface area contributed by atoms with E-state index >= 15 is 0 Å². The van der Waals surface area contributed by atoms with Crippen molar-refractivity contribution in [3.8, 4) is 0 Å². The lowest BCUT2D eigenvalue weighted by Gasteiger charge is -2.17. The molecule has 1 aromatic carbocycles. The Hall–Kier alpha value is -1.81. The number of hydrogen-bond donors (Lipinski definition) is 1. The first-order valence-corrected chi connectivity index (χ1v) is 6.64. The minimum absolute atomic E-state index is 0.820. The van der Waals surface area contributed by atoms with Crippen LogP contribution in [0.2, 0.25) is 0 Å². The Balaban J connectivity index is 2.02. The highest BCUT2D eigenvalue weighted by atomic mass is 15.3. The molecule has 0 atom stereocenters. The molecular weight excluding hydrogens is 236 g/mol. The Morgan fingerprint density at radius 1 is 1.26 bits per heavy atom. The van der Waals surface area contributed by atoms with Gasteiger partial charge in [0.15, 0.2) is 0 Å². The normalized spacial score (nSPS) is 11.2. The molecule has 0 saturated carbocycles. The lowest BCUT2D eigenvalue weighted by atomic mass is 10.2. The Labute approximate surface area is 114 Å². The third-order valence-corrected chi connectivity index (χ3v) is 3.12. The molecule has 0 amide bonds. The lowest BCUT2D eigenvalue weighted by molar-refractivity contribution is 0.307. The zero-order valence-electron chi connectivity index (χ0n) is 11.9. The standard InChI is InChI=1S/C15H22N4/c1-4-19-15(8-12(2)17-19)11-18(3)10-13-6-5-7-14(16)9-13/h5-9H,4,10-11,16H2,1-3H3. The molecule has 2 rings (SSSR count). The Morgan fingerprint density at radius 2 is 2.05 bits per heavy atom. The molecule has 2 N–H and O–H groups in total. The van der Waals surface area contributed by atoms with Crippen LogP contribution in [0.3, 0.4) is 0 Å². The number of nitrogens with zero attached hydrogens (tertiary/aromatic N) is 3. The fourth-order valence-corrected chi connectivity index (χ4v) is 2.34. The van der Waals surface area contributed by atoms with Crippen molar-refractivity contribution < 1.29 is 0 Å². The number of aromatic nitrogens is 2. The first-order valence-electron chi connectivity index (χ1n) is 6.64. The number of benzene rings is 1. The van der Waals surface area contributed by atoms with Crippen LogP contribution in [0, 0.1) is 6.92 Å². The maximum atomic E-state index is 5.80. The number of nitrogens with two attached hydrogens (primary N) is 1. The van der Waals surface area contributed by atoms with E-state index in [0.717, 1.165) is 31.0 Å². The van der Waals surface area contributed by atoms with E-state index in [4.69, 9.17) is 5.73 Å². The third kappa shape index (κ3) is 3.58. The van der Waals surface area contributed by atoms with E-state index in [0.29, 0.717) is 0 Å². The van der Waals surface area contributed by atoms with Crippen LogP contribution in [0.1, 0.15) is 23.9 Å². The zero-order valence-corrected chi connectivity index (χ0v) is 11.9. The zero-order chi connectivity index (χ0) is 13.8. The molecule has 4 heteroatoms. The maximum absolute atomic E-state index is 5.80. The molecule has 0 fully saturated rings. The summed E-state index contributed by atoms with van der Waals surface area (Å²) in [5.74, 6) is 0. The van der Waals surface area contributed by atoms with Crippen molar-refractivity contribution in [3.63, 3.8) is 0 Å². The van der Waals surface area contributed by atoms with E-state index in [1.807, 2.05) is 25.1 Å². The van der Waals surface area contributed by atoms with Crippen molar-refractivity contribution in [1.29, 1.82) is 0 Å². The average Bonchev–Trinajstić information content (AvgIpc) is 2.69. The summed E-state index contributed by atoms with van der Waals surface area (Å²) in [4.78, 5) is 2.28. The van der Waals surface area contributed by atoms with E-state index in [9.17, 15) is 0 Å². The minimum Gasteiger partial charge on any atom is -0.399 e. The van der Waals surface area contributed by atoms with Gasteiger partial charge in [-0.15, -0.1) is 0 Å². The fourth-order valence-electron chi connectivity index (χ4n) is 2.34. The molecule has 0 aliphatic carbocycles. The van der Waals surface area contributed by atoms with E-state index in [2.05, 4.69) is 40.8 Å². The third-order valence-electron chi connectivity index (χ3n) is 3.12. The summed E-state index contributed by atoms with van der Waals surface area (Å²) in [5, 5.41) is 4.47.